The molecule has 4 nitrogen and oxygen atoms in total. The van der Waals surface area contributed by atoms with Crippen molar-refractivity contribution in [1.29, 1.82) is 0 Å². The predicted molar refractivity (Wildman–Crippen MR) is 82.7 cm³/mol. The average Bonchev–Trinajstić information content (AvgIpc) is 2.30. The molecule has 1 aromatic rings. The van der Waals surface area contributed by atoms with Gasteiger partial charge in [0.05, 0.1) is 7.11 Å². The minimum atomic E-state index is 0. The summed E-state index contributed by atoms with van der Waals surface area (Å²) in [7, 11) is 3.26. The van der Waals surface area contributed by atoms with Crippen molar-refractivity contribution in [3.05, 3.63) is 28.8 Å². The molecule has 0 spiro atoms. The van der Waals surface area contributed by atoms with Gasteiger partial charge in [0.2, 0.25) is 0 Å². The van der Waals surface area contributed by atoms with Crippen LogP contribution in [0.1, 0.15) is 5.56 Å². The Hall–Kier alpha value is -0.690. The van der Waals surface area contributed by atoms with Gasteiger partial charge in [0.15, 0.2) is 5.96 Å². The van der Waals surface area contributed by atoms with Crippen LogP contribution in [0, 0.1) is 0 Å². The largest absolute Gasteiger partial charge is 0.497 e. The Morgan fingerprint density at radius 3 is 2.76 bits per heavy atom. The third-order valence-corrected chi connectivity index (χ3v) is 2.55. The van der Waals surface area contributed by atoms with Gasteiger partial charge in [0.25, 0.3) is 0 Å². The molecule has 17 heavy (non-hydrogen) atoms. The molecule has 0 bridgehead atoms. The van der Waals surface area contributed by atoms with Crippen LogP contribution in [-0.4, -0.2) is 26.7 Å². The van der Waals surface area contributed by atoms with Gasteiger partial charge >= 0.3 is 0 Å². The zero-order valence-electron chi connectivity index (χ0n) is 9.87. The fourth-order valence-corrected chi connectivity index (χ4v) is 1.53. The second-order valence-electron chi connectivity index (χ2n) is 3.24. The molecule has 0 atom stereocenters. The van der Waals surface area contributed by atoms with E-state index in [1.807, 2.05) is 12.1 Å². The van der Waals surface area contributed by atoms with Crippen LogP contribution in [0.25, 0.3) is 0 Å². The number of aliphatic imine (C=N–C) groups is 1. The molecule has 0 aliphatic rings. The summed E-state index contributed by atoms with van der Waals surface area (Å²) in [4.78, 5) is 3.80. The maximum atomic E-state index is 6.09. The normalized spacial score (nSPS) is 10.6. The van der Waals surface area contributed by atoms with Gasteiger partial charge < -0.3 is 15.8 Å². The Kier molecular flexibility index (Phi) is 8.07. The number of hydrogen-bond acceptors (Lipinski definition) is 2. The zero-order valence-corrected chi connectivity index (χ0v) is 13.0. The van der Waals surface area contributed by atoms with Crippen molar-refractivity contribution in [2.75, 3.05) is 20.7 Å². The molecule has 0 amide bonds. The fourth-order valence-electron chi connectivity index (χ4n) is 1.26. The van der Waals surface area contributed by atoms with E-state index >= 15 is 0 Å². The summed E-state index contributed by atoms with van der Waals surface area (Å²) in [5.74, 6) is 1.20. The minimum absolute atomic E-state index is 0. The lowest BCUT2D eigenvalue weighted by atomic mass is 10.1. The molecule has 0 aliphatic heterocycles. The van der Waals surface area contributed by atoms with Crippen molar-refractivity contribution in [1.82, 2.24) is 5.32 Å². The van der Waals surface area contributed by atoms with Gasteiger partial charge in [-0.25, -0.2) is 0 Å². The summed E-state index contributed by atoms with van der Waals surface area (Å²) in [6.07, 6.45) is 0.791. The van der Waals surface area contributed by atoms with Crippen LogP contribution >= 0.6 is 35.6 Å². The van der Waals surface area contributed by atoms with E-state index in [-0.39, 0.29) is 24.0 Å². The number of methoxy groups -OCH3 is 1. The monoisotopic (exact) mass is 369 g/mol. The third kappa shape index (κ3) is 5.45. The number of halogens is 2. The average molecular weight is 370 g/mol. The summed E-state index contributed by atoms with van der Waals surface area (Å²) in [6.45, 7) is 0.704. The molecule has 96 valence electrons. The number of ether oxygens (including phenoxy) is 1. The molecule has 0 aromatic heterocycles. The lowest BCUT2D eigenvalue weighted by Crippen LogP contribution is -2.32. The van der Waals surface area contributed by atoms with Gasteiger partial charge in [0, 0.05) is 18.6 Å². The van der Waals surface area contributed by atoms with E-state index in [4.69, 9.17) is 22.1 Å². The fraction of sp³-hybridized carbons (Fsp3) is 0.364. The van der Waals surface area contributed by atoms with Gasteiger partial charge in [-0.2, -0.15) is 0 Å². The SMILES string of the molecule is CN=C(N)NCCc1ccc(OC)cc1Cl.I. The molecule has 0 aliphatic carbocycles. The van der Waals surface area contributed by atoms with E-state index in [9.17, 15) is 0 Å². The maximum absolute atomic E-state index is 6.09. The maximum Gasteiger partial charge on any atom is 0.188 e. The van der Waals surface area contributed by atoms with Crippen molar-refractivity contribution in [3.8, 4) is 5.75 Å². The number of guanidine groups is 1. The number of rotatable bonds is 4. The Labute approximate surface area is 124 Å². The molecule has 0 fully saturated rings. The molecule has 0 saturated heterocycles. The molecule has 3 N–H and O–H groups in total. The Morgan fingerprint density at radius 1 is 1.53 bits per heavy atom. The van der Waals surface area contributed by atoms with Gasteiger partial charge in [-0.3, -0.25) is 4.99 Å². The van der Waals surface area contributed by atoms with E-state index < -0.39 is 0 Å². The van der Waals surface area contributed by atoms with E-state index in [0.717, 1.165) is 17.7 Å². The number of nitrogens with two attached hydrogens (primary N) is 1. The summed E-state index contributed by atoms with van der Waals surface area (Å²) in [6, 6.07) is 5.63. The minimum Gasteiger partial charge on any atom is -0.497 e. The number of nitrogens with zero attached hydrogens (tertiary/aromatic N) is 1. The van der Waals surface area contributed by atoms with Crippen LogP contribution in [0.2, 0.25) is 5.02 Å². The molecule has 0 heterocycles. The van der Waals surface area contributed by atoms with Crippen LogP contribution in [0.4, 0.5) is 0 Å². The topological polar surface area (TPSA) is 59.6 Å². The van der Waals surface area contributed by atoms with Crippen molar-refractivity contribution in [3.63, 3.8) is 0 Å². The van der Waals surface area contributed by atoms with Crippen LogP contribution in [0.15, 0.2) is 23.2 Å². The second-order valence-corrected chi connectivity index (χ2v) is 3.65. The smallest absolute Gasteiger partial charge is 0.188 e. The first kappa shape index (κ1) is 16.3. The highest BCUT2D eigenvalue weighted by molar-refractivity contribution is 14.0. The van der Waals surface area contributed by atoms with Gasteiger partial charge in [-0.05, 0) is 24.1 Å². The number of benzene rings is 1. The van der Waals surface area contributed by atoms with Crippen LogP contribution in [0.5, 0.6) is 5.75 Å². The summed E-state index contributed by atoms with van der Waals surface area (Å²) in [5, 5.41) is 3.68. The van der Waals surface area contributed by atoms with Crippen LogP contribution < -0.4 is 15.8 Å². The molecule has 1 rings (SSSR count). The zero-order chi connectivity index (χ0) is 12.0. The molecule has 0 saturated carbocycles. The van der Waals surface area contributed by atoms with Gasteiger partial charge in [-0.15, -0.1) is 24.0 Å². The van der Waals surface area contributed by atoms with Crippen molar-refractivity contribution < 1.29 is 4.74 Å². The van der Waals surface area contributed by atoms with Crippen LogP contribution in [-0.2, 0) is 6.42 Å². The lowest BCUT2D eigenvalue weighted by Gasteiger charge is -2.08. The first-order chi connectivity index (χ1) is 7.67. The van der Waals surface area contributed by atoms with E-state index in [1.165, 1.54) is 0 Å². The Morgan fingerprint density at radius 2 is 2.24 bits per heavy atom. The molecule has 6 heteroatoms. The summed E-state index contributed by atoms with van der Waals surface area (Å²) in [5.41, 5.74) is 6.56. The second kappa shape index (κ2) is 8.41. The Balaban J connectivity index is 0.00000256. The Bertz CT molecular complexity index is 385. The molecule has 0 unspecified atom stereocenters. The standard InChI is InChI=1S/C11H16ClN3O.HI/c1-14-11(13)15-6-5-8-3-4-9(16-2)7-10(8)12;/h3-4,7H,5-6H2,1-2H3,(H3,13,14,15);1H. The molecule has 0 radical (unpaired) electrons. The lowest BCUT2D eigenvalue weighted by molar-refractivity contribution is 0.414. The quantitative estimate of drug-likeness (QED) is 0.485. The van der Waals surface area contributed by atoms with E-state index in [1.54, 1.807) is 20.2 Å². The first-order valence-electron chi connectivity index (χ1n) is 4.96. The summed E-state index contributed by atoms with van der Waals surface area (Å²) < 4.78 is 5.07. The van der Waals surface area contributed by atoms with Gasteiger partial charge in [-0.1, -0.05) is 17.7 Å². The van der Waals surface area contributed by atoms with Crippen molar-refractivity contribution in [2.45, 2.75) is 6.42 Å². The van der Waals surface area contributed by atoms with Crippen molar-refractivity contribution in [2.24, 2.45) is 10.7 Å². The first-order valence-corrected chi connectivity index (χ1v) is 5.33. The van der Waals surface area contributed by atoms with Gasteiger partial charge in [0.1, 0.15) is 5.75 Å². The number of nitrogens with one attached hydrogen (secondary N) is 1. The van der Waals surface area contributed by atoms with E-state index in [2.05, 4.69) is 10.3 Å². The highest BCUT2D eigenvalue weighted by atomic mass is 127. The van der Waals surface area contributed by atoms with Crippen molar-refractivity contribution >= 4 is 41.5 Å². The highest BCUT2D eigenvalue weighted by Crippen LogP contribution is 2.22. The molecular formula is C11H17ClIN3O. The molecular weight excluding hydrogens is 352 g/mol. The number of hydrogen-bond donors (Lipinski definition) is 2. The molecule has 1 aromatic carbocycles. The third-order valence-electron chi connectivity index (χ3n) is 2.20. The highest BCUT2D eigenvalue weighted by Gasteiger charge is 2.02. The summed E-state index contributed by atoms with van der Waals surface area (Å²) >= 11 is 6.09. The predicted octanol–water partition coefficient (Wildman–Crippen LogP) is 2.04. The van der Waals surface area contributed by atoms with E-state index in [0.29, 0.717) is 17.5 Å². The van der Waals surface area contributed by atoms with Crippen LogP contribution in [0.3, 0.4) is 0 Å².